The van der Waals surface area contributed by atoms with Crippen LogP contribution >= 0.6 is 0 Å². The van der Waals surface area contributed by atoms with Crippen molar-refractivity contribution in [2.24, 2.45) is 17.8 Å². The molecule has 0 spiro atoms. The molecule has 2 nitrogen and oxygen atoms in total. The number of likely N-dealkylation sites (N-methyl/N-ethyl adjacent to an activating group) is 1. The van der Waals surface area contributed by atoms with Crippen LogP contribution in [0.4, 0.5) is 0 Å². The largest absolute Gasteiger partial charge is 0.392 e. The maximum Gasteiger partial charge on any atom is 0.0692 e. The number of rotatable bonds is 4. The van der Waals surface area contributed by atoms with E-state index in [0.29, 0.717) is 5.92 Å². The van der Waals surface area contributed by atoms with Crippen molar-refractivity contribution >= 4 is 0 Å². The molecule has 2 heteroatoms. The van der Waals surface area contributed by atoms with E-state index in [-0.39, 0.29) is 6.10 Å². The second-order valence-corrected chi connectivity index (χ2v) is 4.90. The zero-order valence-electron chi connectivity index (χ0n) is 9.79. The minimum absolute atomic E-state index is 0.134. The Balaban J connectivity index is 2.30. The first-order chi connectivity index (χ1) is 6.65. The van der Waals surface area contributed by atoms with Crippen LogP contribution in [-0.4, -0.2) is 24.3 Å². The van der Waals surface area contributed by atoms with E-state index < -0.39 is 0 Å². The monoisotopic (exact) mass is 199 g/mol. The lowest BCUT2D eigenvalue weighted by molar-refractivity contribution is 0.0570. The van der Waals surface area contributed by atoms with Gasteiger partial charge in [-0.15, -0.1) is 0 Å². The average Bonchev–Trinajstić information content (AvgIpc) is 2.18. The van der Waals surface area contributed by atoms with Gasteiger partial charge in [-0.25, -0.2) is 0 Å². The summed E-state index contributed by atoms with van der Waals surface area (Å²) in [5.41, 5.74) is 0. The maximum absolute atomic E-state index is 9.95. The third-order valence-electron chi connectivity index (χ3n) is 3.79. The molecular weight excluding hydrogens is 174 g/mol. The summed E-state index contributed by atoms with van der Waals surface area (Å²) in [5.74, 6) is 2.16. The summed E-state index contributed by atoms with van der Waals surface area (Å²) in [6.07, 6.45) is 3.56. The van der Waals surface area contributed by atoms with Crippen molar-refractivity contribution in [3.63, 3.8) is 0 Å². The van der Waals surface area contributed by atoms with Crippen LogP contribution in [0.1, 0.15) is 40.0 Å². The molecule has 14 heavy (non-hydrogen) atoms. The van der Waals surface area contributed by atoms with Gasteiger partial charge in [0.05, 0.1) is 6.10 Å². The fraction of sp³-hybridized carbons (Fsp3) is 1.00. The third-order valence-corrected chi connectivity index (χ3v) is 3.79. The molecule has 0 heterocycles. The van der Waals surface area contributed by atoms with Gasteiger partial charge in [0, 0.05) is 6.54 Å². The minimum Gasteiger partial charge on any atom is -0.392 e. The van der Waals surface area contributed by atoms with Gasteiger partial charge < -0.3 is 10.4 Å². The topological polar surface area (TPSA) is 32.3 Å². The second-order valence-electron chi connectivity index (χ2n) is 4.90. The summed E-state index contributed by atoms with van der Waals surface area (Å²) in [5, 5.41) is 13.2. The fourth-order valence-electron chi connectivity index (χ4n) is 2.40. The summed E-state index contributed by atoms with van der Waals surface area (Å²) in [4.78, 5) is 0. The molecule has 0 aliphatic heterocycles. The lowest BCUT2D eigenvalue weighted by Gasteiger charge is -2.34. The highest BCUT2D eigenvalue weighted by molar-refractivity contribution is 4.80. The molecule has 2 N–H and O–H groups in total. The van der Waals surface area contributed by atoms with E-state index in [9.17, 15) is 5.11 Å². The highest BCUT2D eigenvalue weighted by atomic mass is 16.3. The zero-order chi connectivity index (χ0) is 10.6. The van der Waals surface area contributed by atoms with Gasteiger partial charge >= 0.3 is 0 Å². The Labute approximate surface area is 88.1 Å². The van der Waals surface area contributed by atoms with Crippen molar-refractivity contribution in [2.75, 3.05) is 13.1 Å². The maximum atomic E-state index is 9.95. The molecule has 1 fully saturated rings. The van der Waals surface area contributed by atoms with Crippen LogP contribution in [0.15, 0.2) is 0 Å². The second kappa shape index (κ2) is 5.72. The molecule has 1 saturated carbocycles. The molecule has 1 aliphatic carbocycles. The molecule has 4 atom stereocenters. The molecule has 4 unspecified atom stereocenters. The Kier molecular flexibility index (Phi) is 4.90. The molecule has 0 aromatic carbocycles. The van der Waals surface area contributed by atoms with Gasteiger partial charge in [-0.1, -0.05) is 27.2 Å². The number of nitrogens with one attached hydrogen (secondary N) is 1. The smallest absolute Gasteiger partial charge is 0.0692 e. The first kappa shape index (κ1) is 12.0. The van der Waals surface area contributed by atoms with E-state index in [4.69, 9.17) is 0 Å². The number of hydrogen-bond donors (Lipinski definition) is 2. The molecule has 0 aromatic rings. The van der Waals surface area contributed by atoms with Gasteiger partial charge in [0.2, 0.25) is 0 Å². The lowest BCUT2D eigenvalue weighted by atomic mass is 9.74. The Morgan fingerprint density at radius 2 is 2.00 bits per heavy atom. The van der Waals surface area contributed by atoms with E-state index in [1.54, 1.807) is 0 Å². The van der Waals surface area contributed by atoms with Gasteiger partial charge in [0.15, 0.2) is 0 Å². The van der Waals surface area contributed by atoms with Crippen LogP contribution < -0.4 is 5.32 Å². The van der Waals surface area contributed by atoms with Crippen LogP contribution in [0.3, 0.4) is 0 Å². The molecular formula is C12H25NO. The van der Waals surface area contributed by atoms with Crippen LogP contribution in [-0.2, 0) is 0 Å². The minimum atomic E-state index is -0.134. The molecule has 0 amide bonds. The average molecular weight is 199 g/mol. The van der Waals surface area contributed by atoms with Crippen molar-refractivity contribution in [3.05, 3.63) is 0 Å². The first-order valence-electron chi connectivity index (χ1n) is 6.04. The van der Waals surface area contributed by atoms with Crippen LogP contribution in [0, 0.1) is 17.8 Å². The predicted octanol–water partition coefficient (Wildman–Crippen LogP) is 2.03. The quantitative estimate of drug-likeness (QED) is 0.726. The Hall–Kier alpha value is -0.0800. The highest BCUT2D eigenvalue weighted by Gasteiger charge is 2.28. The number of aliphatic hydroxyl groups is 1. The van der Waals surface area contributed by atoms with E-state index in [1.807, 2.05) is 0 Å². The summed E-state index contributed by atoms with van der Waals surface area (Å²) in [6, 6.07) is 0. The third kappa shape index (κ3) is 3.25. The molecule has 1 aliphatic rings. The van der Waals surface area contributed by atoms with Crippen LogP contribution in [0.25, 0.3) is 0 Å². The van der Waals surface area contributed by atoms with E-state index in [0.717, 1.165) is 24.9 Å². The van der Waals surface area contributed by atoms with Crippen LogP contribution in [0.5, 0.6) is 0 Å². The standard InChI is InChI=1S/C12H25NO/c1-4-13-8-12(14)11-6-5-9(2)10(3)7-11/h9-14H,4-8H2,1-3H3. The van der Waals surface area contributed by atoms with Gasteiger partial charge in [-0.05, 0) is 37.1 Å². The Bertz CT molecular complexity index is 160. The number of aliphatic hydroxyl groups excluding tert-OH is 1. The van der Waals surface area contributed by atoms with Crippen molar-refractivity contribution in [2.45, 2.75) is 46.1 Å². The Morgan fingerprint density at radius 1 is 1.29 bits per heavy atom. The van der Waals surface area contributed by atoms with E-state index in [2.05, 4.69) is 26.1 Å². The van der Waals surface area contributed by atoms with Crippen molar-refractivity contribution in [1.29, 1.82) is 0 Å². The number of hydrogen-bond acceptors (Lipinski definition) is 2. The van der Waals surface area contributed by atoms with E-state index >= 15 is 0 Å². The summed E-state index contributed by atoms with van der Waals surface area (Å²) in [7, 11) is 0. The Morgan fingerprint density at radius 3 is 2.57 bits per heavy atom. The predicted molar refractivity (Wildman–Crippen MR) is 60.2 cm³/mol. The molecule has 0 saturated heterocycles. The van der Waals surface area contributed by atoms with Crippen molar-refractivity contribution in [1.82, 2.24) is 5.32 Å². The highest BCUT2D eigenvalue weighted by Crippen LogP contribution is 2.34. The van der Waals surface area contributed by atoms with Gasteiger partial charge in [-0.2, -0.15) is 0 Å². The fourth-order valence-corrected chi connectivity index (χ4v) is 2.40. The first-order valence-corrected chi connectivity index (χ1v) is 6.04. The molecule has 84 valence electrons. The van der Waals surface area contributed by atoms with Gasteiger partial charge in [-0.3, -0.25) is 0 Å². The van der Waals surface area contributed by atoms with Gasteiger partial charge in [0.1, 0.15) is 0 Å². The molecule has 0 aromatic heterocycles. The lowest BCUT2D eigenvalue weighted by Crippen LogP contribution is -2.36. The summed E-state index contributed by atoms with van der Waals surface area (Å²) < 4.78 is 0. The van der Waals surface area contributed by atoms with Crippen LogP contribution in [0.2, 0.25) is 0 Å². The summed E-state index contributed by atoms with van der Waals surface area (Å²) in [6.45, 7) is 8.45. The van der Waals surface area contributed by atoms with Crippen molar-refractivity contribution in [3.8, 4) is 0 Å². The molecule has 0 bridgehead atoms. The summed E-state index contributed by atoms with van der Waals surface area (Å²) >= 11 is 0. The van der Waals surface area contributed by atoms with E-state index in [1.165, 1.54) is 19.3 Å². The SMILES string of the molecule is CCNCC(O)C1CCC(C)C(C)C1. The molecule has 1 rings (SSSR count). The van der Waals surface area contributed by atoms with Crippen molar-refractivity contribution < 1.29 is 5.11 Å². The normalized spacial score (nSPS) is 35.6. The van der Waals surface area contributed by atoms with Gasteiger partial charge in [0.25, 0.3) is 0 Å². The zero-order valence-corrected chi connectivity index (χ0v) is 9.79. The molecule has 0 radical (unpaired) electrons.